The number of hydrogen-bond acceptors (Lipinski definition) is 6. The van der Waals surface area contributed by atoms with Crippen LogP contribution in [0.25, 0.3) is 11.4 Å². The summed E-state index contributed by atoms with van der Waals surface area (Å²) in [5.41, 5.74) is 0.581. The quantitative estimate of drug-likeness (QED) is 0.783. The third kappa shape index (κ3) is 5.46. The number of amides is 2. The molecule has 0 radical (unpaired) electrons. The second kappa shape index (κ2) is 9.55. The minimum absolute atomic E-state index is 0.00732. The molecule has 2 aliphatic rings. The van der Waals surface area contributed by atoms with Crippen molar-refractivity contribution in [2.45, 2.75) is 44.6 Å². The number of carbonyl (C=O) groups excluding carboxylic acids is 2. The standard InChI is InChI=1S/C22H28FN5O3/c1-15(29)28-10-7-19(8-11-28)24-20(30)14-27-9-3-5-17(13-27)22-25-21(26-31-22)16-4-2-6-18(23)12-16/h2,4,6,12,17,19H,3,5,7-11,13-14H2,1H3,(H,24,30). The third-order valence-electron chi connectivity index (χ3n) is 6.05. The van der Waals surface area contributed by atoms with Crippen LogP contribution in [-0.4, -0.2) is 70.5 Å². The minimum atomic E-state index is -0.342. The number of likely N-dealkylation sites (tertiary alicyclic amines) is 2. The summed E-state index contributed by atoms with van der Waals surface area (Å²) in [5.74, 6) is 0.710. The van der Waals surface area contributed by atoms with E-state index in [1.54, 1.807) is 19.1 Å². The van der Waals surface area contributed by atoms with Crippen molar-refractivity contribution in [3.8, 4) is 11.4 Å². The van der Waals surface area contributed by atoms with Crippen molar-refractivity contribution in [1.82, 2.24) is 25.3 Å². The molecule has 1 aromatic heterocycles. The van der Waals surface area contributed by atoms with Gasteiger partial charge in [-0.3, -0.25) is 14.5 Å². The lowest BCUT2D eigenvalue weighted by molar-refractivity contribution is -0.130. The molecule has 4 rings (SSSR count). The summed E-state index contributed by atoms with van der Waals surface area (Å²) < 4.78 is 18.9. The smallest absolute Gasteiger partial charge is 0.234 e. The number of rotatable bonds is 5. The molecule has 8 nitrogen and oxygen atoms in total. The zero-order valence-corrected chi connectivity index (χ0v) is 17.7. The molecule has 31 heavy (non-hydrogen) atoms. The lowest BCUT2D eigenvalue weighted by Gasteiger charge is -2.33. The Morgan fingerprint density at radius 3 is 2.77 bits per heavy atom. The Morgan fingerprint density at radius 2 is 2.03 bits per heavy atom. The molecule has 1 N–H and O–H groups in total. The molecule has 2 aromatic rings. The van der Waals surface area contributed by atoms with Gasteiger partial charge in [0.2, 0.25) is 23.5 Å². The van der Waals surface area contributed by atoms with Crippen molar-refractivity contribution in [1.29, 1.82) is 0 Å². The van der Waals surface area contributed by atoms with Crippen LogP contribution in [0.2, 0.25) is 0 Å². The predicted molar refractivity (Wildman–Crippen MR) is 112 cm³/mol. The van der Waals surface area contributed by atoms with Gasteiger partial charge >= 0.3 is 0 Å². The summed E-state index contributed by atoms with van der Waals surface area (Å²) in [6, 6.07) is 6.24. The highest BCUT2D eigenvalue weighted by molar-refractivity contribution is 5.78. The fraction of sp³-hybridized carbons (Fsp3) is 0.545. The highest BCUT2D eigenvalue weighted by Crippen LogP contribution is 2.27. The molecule has 0 bridgehead atoms. The normalized spacial score (nSPS) is 20.6. The van der Waals surface area contributed by atoms with Gasteiger partial charge in [-0.05, 0) is 44.4 Å². The van der Waals surface area contributed by atoms with Crippen molar-refractivity contribution in [2.24, 2.45) is 0 Å². The maximum Gasteiger partial charge on any atom is 0.234 e. The first-order chi connectivity index (χ1) is 15.0. The summed E-state index contributed by atoms with van der Waals surface area (Å²) in [6.07, 6.45) is 3.43. The first kappa shape index (κ1) is 21.4. The Bertz CT molecular complexity index is 925. The van der Waals surface area contributed by atoms with E-state index >= 15 is 0 Å². The number of carbonyl (C=O) groups is 2. The summed E-state index contributed by atoms with van der Waals surface area (Å²) in [4.78, 5) is 32.4. The predicted octanol–water partition coefficient (Wildman–Crippen LogP) is 2.18. The number of nitrogens with one attached hydrogen (secondary N) is 1. The van der Waals surface area contributed by atoms with Crippen LogP contribution in [-0.2, 0) is 9.59 Å². The van der Waals surface area contributed by atoms with Gasteiger partial charge in [0.1, 0.15) is 5.82 Å². The van der Waals surface area contributed by atoms with Crippen LogP contribution in [0.4, 0.5) is 4.39 Å². The third-order valence-corrected chi connectivity index (χ3v) is 6.05. The second-order valence-corrected chi connectivity index (χ2v) is 8.39. The molecular formula is C22H28FN5O3. The molecule has 2 aliphatic heterocycles. The molecule has 0 saturated carbocycles. The van der Waals surface area contributed by atoms with E-state index in [-0.39, 0.29) is 29.6 Å². The second-order valence-electron chi connectivity index (χ2n) is 8.39. The van der Waals surface area contributed by atoms with Crippen molar-refractivity contribution in [3.05, 3.63) is 36.0 Å². The first-order valence-electron chi connectivity index (χ1n) is 10.8. The number of benzene rings is 1. The molecule has 1 aromatic carbocycles. The van der Waals surface area contributed by atoms with E-state index in [1.165, 1.54) is 12.1 Å². The topological polar surface area (TPSA) is 91.6 Å². The van der Waals surface area contributed by atoms with E-state index in [0.717, 1.165) is 32.2 Å². The Hall–Kier alpha value is -2.81. The highest BCUT2D eigenvalue weighted by Gasteiger charge is 2.28. The van der Waals surface area contributed by atoms with Crippen LogP contribution in [0.3, 0.4) is 0 Å². The summed E-state index contributed by atoms with van der Waals surface area (Å²) in [7, 11) is 0. The summed E-state index contributed by atoms with van der Waals surface area (Å²) in [5, 5.41) is 7.11. The summed E-state index contributed by atoms with van der Waals surface area (Å²) >= 11 is 0. The van der Waals surface area contributed by atoms with Gasteiger partial charge in [-0.15, -0.1) is 0 Å². The molecule has 0 spiro atoms. The van der Waals surface area contributed by atoms with Gasteiger partial charge in [0.05, 0.1) is 12.5 Å². The molecule has 2 saturated heterocycles. The Kier molecular flexibility index (Phi) is 6.60. The van der Waals surface area contributed by atoms with Crippen molar-refractivity contribution < 1.29 is 18.5 Å². The average molecular weight is 429 g/mol. The average Bonchev–Trinajstić information content (AvgIpc) is 3.25. The van der Waals surface area contributed by atoms with E-state index in [9.17, 15) is 14.0 Å². The van der Waals surface area contributed by atoms with Gasteiger partial charge < -0.3 is 14.7 Å². The lowest BCUT2D eigenvalue weighted by Crippen LogP contribution is -2.49. The van der Waals surface area contributed by atoms with Crippen LogP contribution in [0, 0.1) is 5.82 Å². The first-order valence-corrected chi connectivity index (χ1v) is 10.8. The van der Waals surface area contributed by atoms with Crippen LogP contribution in [0.1, 0.15) is 44.4 Å². The monoisotopic (exact) mass is 429 g/mol. The number of hydrogen-bond donors (Lipinski definition) is 1. The van der Waals surface area contributed by atoms with E-state index < -0.39 is 0 Å². The van der Waals surface area contributed by atoms with Gasteiger partial charge in [0, 0.05) is 38.2 Å². The molecule has 0 aliphatic carbocycles. The van der Waals surface area contributed by atoms with Crippen molar-refractivity contribution in [2.75, 3.05) is 32.7 Å². The maximum absolute atomic E-state index is 13.5. The van der Waals surface area contributed by atoms with Crippen LogP contribution in [0.5, 0.6) is 0 Å². The van der Waals surface area contributed by atoms with Gasteiger partial charge in [-0.25, -0.2) is 4.39 Å². The highest BCUT2D eigenvalue weighted by atomic mass is 19.1. The molecular weight excluding hydrogens is 401 g/mol. The molecule has 3 heterocycles. The van der Waals surface area contributed by atoms with Crippen LogP contribution >= 0.6 is 0 Å². The van der Waals surface area contributed by atoms with Gasteiger partial charge in [0.25, 0.3) is 0 Å². The van der Waals surface area contributed by atoms with E-state index in [2.05, 4.69) is 20.4 Å². The molecule has 2 fully saturated rings. The summed E-state index contributed by atoms with van der Waals surface area (Å²) in [6.45, 7) is 4.80. The lowest BCUT2D eigenvalue weighted by atomic mass is 9.98. The molecule has 2 amide bonds. The van der Waals surface area contributed by atoms with E-state index in [0.29, 0.717) is 43.5 Å². The minimum Gasteiger partial charge on any atom is -0.352 e. The van der Waals surface area contributed by atoms with Crippen molar-refractivity contribution in [3.63, 3.8) is 0 Å². The van der Waals surface area contributed by atoms with Crippen LogP contribution < -0.4 is 5.32 Å². The number of halogens is 1. The SMILES string of the molecule is CC(=O)N1CCC(NC(=O)CN2CCCC(c3nc(-c4cccc(F)c4)no3)C2)CC1. The maximum atomic E-state index is 13.5. The van der Waals surface area contributed by atoms with E-state index in [1.807, 2.05) is 4.90 Å². The molecule has 1 unspecified atom stereocenters. The number of piperidine rings is 2. The fourth-order valence-corrected chi connectivity index (χ4v) is 4.36. The van der Waals surface area contributed by atoms with E-state index in [4.69, 9.17) is 4.52 Å². The molecule has 9 heteroatoms. The van der Waals surface area contributed by atoms with Crippen molar-refractivity contribution >= 4 is 11.8 Å². The zero-order valence-electron chi connectivity index (χ0n) is 17.7. The number of aromatic nitrogens is 2. The van der Waals surface area contributed by atoms with Gasteiger partial charge in [-0.2, -0.15) is 4.98 Å². The Balaban J connectivity index is 1.29. The largest absolute Gasteiger partial charge is 0.352 e. The molecule has 1 atom stereocenters. The fourth-order valence-electron chi connectivity index (χ4n) is 4.36. The Morgan fingerprint density at radius 1 is 1.23 bits per heavy atom. The van der Waals surface area contributed by atoms with Gasteiger partial charge in [0.15, 0.2) is 0 Å². The van der Waals surface area contributed by atoms with Gasteiger partial charge in [-0.1, -0.05) is 17.3 Å². The Labute approximate surface area is 180 Å². The number of nitrogens with zero attached hydrogens (tertiary/aromatic N) is 4. The zero-order chi connectivity index (χ0) is 21.8. The molecule has 166 valence electrons. The van der Waals surface area contributed by atoms with Crippen LogP contribution in [0.15, 0.2) is 28.8 Å².